The second-order valence-corrected chi connectivity index (χ2v) is 2.96. The van der Waals surface area contributed by atoms with Crippen LogP contribution in [0.2, 0.25) is 0 Å². The smallest absolute Gasteiger partial charge is 0.129 e. The first-order chi connectivity index (χ1) is 6.24. The highest BCUT2D eigenvalue weighted by Crippen LogP contribution is 2.11. The van der Waals surface area contributed by atoms with E-state index in [4.69, 9.17) is 0 Å². The molecular formula is C11H14N2. The number of nitrogens with zero attached hydrogens (tertiary/aromatic N) is 1. The Morgan fingerprint density at radius 3 is 2.85 bits per heavy atom. The lowest BCUT2D eigenvalue weighted by Crippen LogP contribution is -2.02. The Bertz CT molecular complexity index is 345. The van der Waals surface area contributed by atoms with Gasteiger partial charge in [-0.15, -0.1) is 5.92 Å². The summed E-state index contributed by atoms with van der Waals surface area (Å²) >= 11 is 0. The van der Waals surface area contributed by atoms with Gasteiger partial charge in [0, 0.05) is 6.20 Å². The molecule has 0 saturated heterocycles. The molecule has 0 fully saturated rings. The average molecular weight is 174 g/mol. The summed E-state index contributed by atoms with van der Waals surface area (Å²) in [6, 6.07) is 2.11. The third-order valence-corrected chi connectivity index (χ3v) is 1.74. The van der Waals surface area contributed by atoms with Crippen LogP contribution in [0.3, 0.4) is 0 Å². The number of pyridine rings is 1. The lowest BCUT2D eigenvalue weighted by atomic mass is 10.2. The lowest BCUT2D eigenvalue weighted by Gasteiger charge is -2.05. The fraction of sp³-hybridized carbons (Fsp3) is 0.364. The summed E-state index contributed by atoms with van der Waals surface area (Å²) in [5.74, 6) is 6.69. The van der Waals surface area contributed by atoms with Crippen LogP contribution in [0.1, 0.15) is 18.1 Å². The molecule has 0 aromatic carbocycles. The van der Waals surface area contributed by atoms with Crippen LogP contribution in [0.5, 0.6) is 0 Å². The predicted octanol–water partition coefficient (Wildman–Crippen LogP) is 2.13. The van der Waals surface area contributed by atoms with Crippen molar-refractivity contribution in [3.8, 4) is 11.8 Å². The molecule has 0 bridgehead atoms. The number of hydrogen-bond acceptors (Lipinski definition) is 2. The highest BCUT2D eigenvalue weighted by Gasteiger charge is 1.96. The standard InChI is InChI=1S/C11H14N2/c1-4-5-6-12-11-10(3)7-9(2)8-13-11/h7-8H,6H2,1-3H3,(H,12,13). The van der Waals surface area contributed by atoms with E-state index in [2.05, 4.69) is 28.2 Å². The molecule has 0 saturated carbocycles. The molecule has 0 aliphatic heterocycles. The average Bonchev–Trinajstić information content (AvgIpc) is 2.09. The van der Waals surface area contributed by atoms with E-state index < -0.39 is 0 Å². The second kappa shape index (κ2) is 4.51. The van der Waals surface area contributed by atoms with Crippen LogP contribution in [-0.2, 0) is 0 Å². The summed E-state index contributed by atoms with van der Waals surface area (Å²) in [5, 5.41) is 3.16. The van der Waals surface area contributed by atoms with Gasteiger partial charge < -0.3 is 5.32 Å². The molecule has 0 spiro atoms. The maximum absolute atomic E-state index is 4.27. The van der Waals surface area contributed by atoms with Gasteiger partial charge in [0.05, 0.1) is 6.54 Å². The first-order valence-corrected chi connectivity index (χ1v) is 4.30. The van der Waals surface area contributed by atoms with Gasteiger partial charge in [-0.3, -0.25) is 0 Å². The van der Waals surface area contributed by atoms with Crippen molar-refractivity contribution in [1.29, 1.82) is 0 Å². The van der Waals surface area contributed by atoms with E-state index in [1.807, 2.05) is 27.0 Å². The summed E-state index contributed by atoms with van der Waals surface area (Å²) in [4.78, 5) is 4.27. The maximum atomic E-state index is 4.27. The Labute approximate surface area is 79.4 Å². The molecule has 13 heavy (non-hydrogen) atoms. The molecule has 0 radical (unpaired) electrons. The van der Waals surface area contributed by atoms with E-state index in [-0.39, 0.29) is 0 Å². The third kappa shape index (κ3) is 2.79. The monoisotopic (exact) mass is 174 g/mol. The number of anilines is 1. The fourth-order valence-electron chi connectivity index (χ4n) is 1.12. The molecule has 68 valence electrons. The Morgan fingerprint density at radius 1 is 1.46 bits per heavy atom. The lowest BCUT2D eigenvalue weighted by molar-refractivity contribution is 1.18. The third-order valence-electron chi connectivity index (χ3n) is 1.74. The van der Waals surface area contributed by atoms with Gasteiger partial charge in [0.15, 0.2) is 0 Å². The predicted molar refractivity (Wildman–Crippen MR) is 55.7 cm³/mol. The minimum absolute atomic E-state index is 0.660. The van der Waals surface area contributed by atoms with E-state index in [0.717, 1.165) is 11.4 Å². The summed E-state index contributed by atoms with van der Waals surface area (Å²) in [5.41, 5.74) is 2.35. The van der Waals surface area contributed by atoms with E-state index >= 15 is 0 Å². The zero-order valence-corrected chi connectivity index (χ0v) is 8.31. The minimum Gasteiger partial charge on any atom is -0.359 e. The number of aryl methyl sites for hydroxylation is 2. The molecule has 0 aliphatic rings. The molecule has 0 atom stereocenters. The van der Waals surface area contributed by atoms with E-state index in [9.17, 15) is 0 Å². The van der Waals surface area contributed by atoms with Crippen molar-refractivity contribution in [2.75, 3.05) is 11.9 Å². The zero-order chi connectivity index (χ0) is 9.68. The van der Waals surface area contributed by atoms with E-state index in [1.54, 1.807) is 0 Å². The van der Waals surface area contributed by atoms with Crippen molar-refractivity contribution in [1.82, 2.24) is 4.98 Å². The summed E-state index contributed by atoms with van der Waals surface area (Å²) in [7, 11) is 0. The van der Waals surface area contributed by atoms with Crippen LogP contribution in [-0.4, -0.2) is 11.5 Å². The Morgan fingerprint density at radius 2 is 2.23 bits per heavy atom. The number of rotatable bonds is 2. The van der Waals surface area contributed by atoms with E-state index in [1.165, 1.54) is 5.56 Å². The van der Waals surface area contributed by atoms with Crippen LogP contribution in [0.15, 0.2) is 12.3 Å². The van der Waals surface area contributed by atoms with Crippen molar-refractivity contribution in [2.24, 2.45) is 0 Å². The van der Waals surface area contributed by atoms with Gasteiger partial charge >= 0.3 is 0 Å². The first kappa shape index (κ1) is 9.60. The van der Waals surface area contributed by atoms with Crippen LogP contribution in [0.4, 0.5) is 5.82 Å². The molecule has 1 rings (SSSR count). The van der Waals surface area contributed by atoms with Crippen LogP contribution >= 0.6 is 0 Å². The summed E-state index contributed by atoms with van der Waals surface area (Å²) < 4.78 is 0. The van der Waals surface area contributed by atoms with Gasteiger partial charge in [0.1, 0.15) is 5.82 Å². The molecule has 1 aromatic heterocycles. The van der Waals surface area contributed by atoms with Crippen molar-refractivity contribution in [3.63, 3.8) is 0 Å². The molecule has 0 aliphatic carbocycles. The van der Waals surface area contributed by atoms with E-state index in [0.29, 0.717) is 6.54 Å². The number of nitrogens with one attached hydrogen (secondary N) is 1. The molecule has 1 N–H and O–H groups in total. The largest absolute Gasteiger partial charge is 0.359 e. The van der Waals surface area contributed by atoms with Crippen molar-refractivity contribution in [3.05, 3.63) is 23.4 Å². The molecule has 1 heterocycles. The topological polar surface area (TPSA) is 24.9 Å². The van der Waals surface area contributed by atoms with Crippen LogP contribution in [0, 0.1) is 25.7 Å². The van der Waals surface area contributed by atoms with Crippen molar-refractivity contribution in [2.45, 2.75) is 20.8 Å². The zero-order valence-electron chi connectivity index (χ0n) is 8.31. The second-order valence-electron chi connectivity index (χ2n) is 2.96. The number of aromatic nitrogens is 1. The van der Waals surface area contributed by atoms with Gasteiger partial charge in [-0.2, -0.15) is 0 Å². The molecule has 2 heteroatoms. The molecule has 2 nitrogen and oxygen atoms in total. The molecule has 0 unspecified atom stereocenters. The van der Waals surface area contributed by atoms with Gasteiger partial charge in [0.2, 0.25) is 0 Å². The Hall–Kier alpha value is -1.49. The normalized spacial score (nSPS) is 8.85. The molecule has 1 aromatic rings. The maximum Gasteiger partial charge on any atom is 0.129 e. The molecular weight excluding hydrogens is 160 g/mol. The van der Waals surface area contributed by atoms with Crippen LogP contribution in [0.25, 0.3) is 0 Å². The van der Waals surface area contributed by atoms with Gasteiger partial charge in [0.25, 0.3) is 0 Å². The van der Waals surface area contributed by atoms with Gasteiger partial charge in [-0.25, -0.2) is 4.98 Å². The SMILES string of the molecule is CC#CCNc1ncc(C)cc1C. The highest BCUT2D eigenvalue weighted by molar-refractivity contribution is 5.45. The first-order valence-electron chi connectivity index (χ1n) is 4.30. The van der Waals surface area contributed by atoms with Crippen molar-refractivity contribution < 1.29 is 0 Å². The van der Waals surface area contributed by atoms with Crippen molar-refractivity contribution >= 4 is 5.82 Å². The van der Waals surface area contributed by atoms with Crippen LogP contribution < -0.4 is 5.32 Å². The Kier molecular flexibility index (Phi) is 3.33. The summed E-state index contributed by atoms with van der Waals surface area (Å²) in [6.07, 6.45) is 1.86. The summed E-state index contributed by atoms with van der Waals surface area (Å²) in [6.45, 7) is 6.57. The van der Waals surface area contributed by atoms with Gasteiger partial charge in [-0.05, 0) is 31.9 Å². The Balaban J connectivity index is 2.70. The van der Waals surface area contributed by atoms with Gasteiger partial charge in [-0.1, -0.05) is 12.0 Å². The molecule has 0 amide bonds. The fourth-order valence-corrected chi connectivity index (χ4v) is 1.12. The quantitative estimate of drug-likeness (QED) is 0.695. The number of hydrogen-bond donors (Lipinski definition) is 1. The minimum atomic E-state index is 0.660. The highest BCUT2D eigenvalue weighted by atomic mass is 15.0.